The lowest BCUT2D eigenvalue weighted by Crippen LogP contribution is -2.39. The number of halogens is 3. The van der Waals surface area contributed by atoms with Gasteiger partial charge in [-0.3, -0.25) is 14.3 Å². The number of benzene rings is 1. The predicted molar refractivity (Wildman–Crippen MR) is 107 cm³/mol. The first-order valence-electron chi connectivity index (χ1n) is 8.96. The van der Waals surface area contributed by atoms with E-state index in [4.69, 9.17) is 0 Å². The molecule has 10 heteroatoms. The summed E-state index contributed by atoms with van der Waals surface area (Å²) in [5, 5.41) is 13.0. The fourth-order valence-electron chi connectivity index (χ4n) is 3.00. The smallest absolute Gasteiger partial charge is 0.345 e. The molecule has 0 saturated heterocycles. The molecule has 0 fully saturated rings. The maximum absolute atomic E-state index is 12.8. The maximum atomic E-state index is 12.8. The van der Waals surface area contributed by atoms with Gasteiger partial charge in [0.2, 0.25) is 0 Å². The van der Waals surface area contributed by atoms with Gasteiger partial charge in [-0.05, 0) is 60.5 Å². The molecule has 0 aliphatic heterocycles. The normalized spacial score (nSPS) is 12.4. The van der Waals surface area contributed by atoms with Gasteiger partial charge in [-0.25, -0.2) is 0 Å². The number of rotatable bonds is 5. The van der Waals surface area contributed by atoms with E-state index < -0.39 is 23.6 Å². The Kier molecular flexibility index (Phi) is 6.25. The summed E-state index contributed by atoms with van der Waals surface area (Å²) in [4.78, 5) is 24.4. The molecule has 158 valence electrons. The third-order valence-corrected chi connectivity index (χ3v) is 5.08. The molecule has 30 heavy (non-hydrogen) atoms. The number of thiophene rings is 1. The van der Waals surface area contributed by atoms with E-state index in [-0.39, 0.29) is 18.3 Å². The number of carbonyl (C=O) groups is 2. The Hall–Kier alpha value is -3.14. The lowest BCUT2D eigenvalue weighted by Gasteiger charge is -2.19. The van der Waals surface area contributed by atoms with Crippen LogP contribution in [0, 0.1) is 13.8 Å². The van der Waals surface area contributed by atoms with E-state index in [0.717, 1.165) is 35.2 Å². The third kappa shape index (κ3) is 5.07. The summed E-state index contributed by atoms with van der Waals surface area (Å²) in [5.41, 5.74) is 1.61. The number of hydrogen-bond acceptors (Lipinski definition) is 4. The van der Waals surface area contributed by atoms with Crippen molar-refractivity contribution in [1.82, 2.24) is 15.1 Å². The van der Waals surface area contributed by atoms with Crippen LogP contribution < -0.4 is 10.6 Å². The molecule has 0 bridgehead atoms. The Labute approximate surface area is 174 Å². The summed E-state index contributed by atoms with van der Waals surface area (Å²) < 4.78 is 40.2. The highest BCUT2D eigenvalue weighted by Gasteiger charge is 2.30. The van der Waals surface area contributed by atoms with Crippen molar-refractivity contribution in [3.63, 3.8) is 0 Å². The Morgan fingerprint density at radius 3 is 2.53 bits per heavy atom. The van der Waals surface area contributed by atoms with Crippen LogP contribution in [0.4, 0.5) is 18.9 Å². The zero-order chi connectivity index (χ0) is 21.9. The van der Waals surface area contributed by atoms with Gasteiger partial charge in [0.05, 0.1) is 17.3 Å². The van der Waals surface area contributed by atoms with Crippen LogP contribution in [-0.2, 0) is 15.8 Å². The van der Waals surface area contributed by atoms with E-state index >= 15 is 0 Å². The Morgan fingerprint density at radius 1 is 1.17 bits per heavy atom. The van der Waals surface area contributed by atoms with Gasteiger partial charge in [-0.15, -0.1) is 0 Å². The number of anilines is 1. The molecule has 2 heterocycles. The first kappa shape index (κ1) is 21.6. The van der Waals surface area contributed by atoms with Gasteiger partial charge < -0.3 is 10.6 Å². The highest BCUT2D eigenvalue weighted by Crippen LogP contribution is 2.30. The van der Waals surface area contributed by atoms with Crippen molar-refractivity contribution in [1.29, 1.82) is 0 Å². The van der Waals surface area contributed by atoms with Crippen LogP contribution in [0.3, 0.4) is 0 Å². The average molecular weight is 436 g/mol. The molecule has 2 amide bonds. The van der Waals surface area contributed by atoms with Gasteiger partial charge in [0, 0.05) is 17.9 Å². The molecule has 0 unspecified atom stereocenters. The van der Waals surface area contributed by atoms with Crippen LogP contribution in [0.15, 0.2) is 47.2 Å². The molecular formula is C20H19F3N4O2S. The highest BCUT2D eigenvalue weighted by molar-refractivity contribution is 7.08. The summed E-state index contributed by atoms with van der Waals surface area (Å²) in [5.74, 6) is -2.00. The quantitative estimate of drug-likeness (QED) is 0.595. The van der Waals surface area contributed by atoms with Crippen LogP contribution in [0.2, 0.25) is 0 Å². The number of amides is 2. The van der Waals surface area contributed by atoms with Crippen molar-refractivity contribution < 1.29 is 22.8 Å². The van der Waals surface area contributed by atoms with Gasteiger partial charge in [0.1, 0.15) is 0 Å². The number of hydrogen-bond donors (Lipinski definition) is 2. The monoisotopic (exact) mass is 436 g/mol. The van der Waals surface area contributed by atoms with Gasteiger partial charge in [-0.2, -0.15) is 29.6 Å². The summed E-state index contributed by atoms with van der Waals surface area (Å²) in [6.07, 6.45) is -4.55. The molecular weight excluding hydrogens is 417 g/mol. The van der Waals surface area contributed by atoms with Gasteiger partial charge in [-0.1, -0.05) is 6.07 Å². The molecule has 2 aromatic heterocycles. The summed E-state index contributed by atoms with van der Waals surface area (Å²) in [7, 11) is 0. The molecule has 6 nitrogen and oxygen atoms in total. The van der Waals surface area contributed by atoms with Gasteiger partial charge >= 0.3 is 18.0 Å². The number of aryl methyl sites for hydroxylation is 2. The zero-order valence-electron chi connectivity index (χ0n) is 16.2. The molecule has 2 N–H and O–H groups in total. The number of alkyl halides is 3. The van der Waals surface area contributed by atoms with E-state index in [0.29, 0.717) is 0 Å². The maximum Gasteiger partial charge on any atom is 0.416 e. The second kappa shape index (κ2) is 8.70. The Morgan fingerprint density at radius 2 is 1.93 bits per heavy atom. The Balaban J connectivity index is 1.68. The lowest BCUT2D eigenvalue weighted by atomic mass is 10.1. The van der Waals surface area contributed by atoms with Gasteiger partial charge in [0.25, 0.3) is 0 Å². The van der Waals surface area contributed by atoms with E-state index in [9.17, 15) is 22.8 Å². The van der Waals surface area contributed by atoms with Crippen LogP contribution in [-0.4, -0.2) is 28.1 Å². The lowest BCUT2D eigenvalue weighted by molar-refractivity contribution is -0.137. The van der Waals surface area contributed by atoms with Crippen LogP contribution in [0.5, 0.6) is 0 Å². The van der Waals surface area contributed by atoms with Crippen molar-refractivity contribution in [3.05, 3.63) is 69.7 Å². The molecule has 0 saturated carbocycles. The predicted octanol–water partition coefficient (Wildman–Crippen LogP) is 3.92. The average Bonchev–Trinajstić information content (AvgIpc) is 3.31. The number of nitrogens with one attached hydrogen (secondary N) is 2. The minimum atomic E-state index is -4.55. The van der Waals surface area contributed by atoms with Gasteiger partial charge in [0.15, 0.2) is 0 Å². The Bertz CT molecular complexity index is 1040. The van der Waals surface area contributed by atoms with E-state index in [1.807, 2.05) is 36.7 Å². The fourth-order valence-corrected chi connectivity index (χ4v) is 3.71. The molecule has 3 rings (SSSR count). The summed E-state index contributed by atoms with van der Waals surface area (Å²) in [6, 6.07) is 7.58. The number of aromatic nitrogens is 2. The molecule has 3 aromatic rings. The van der Waals surface area contributed by atoms with Crippen molar-refractivity contribution >= 4 is 28.8 Å². The van der Waals surface area contributed by atoms with Crippen molar-refractivity contribution in [3.8, 4) is 0 Å². The molecule has 1 atom stereocenters. The molecule has 0 radical (unpaired) electrons. The zero-order valence-corrected chi connectivity index (χ0v) is 17.0. The molecule has 0 aliphatic carbocycles. The van der Waals surface area contributed by atoms with E-state index in [1.165, 1.54) is 17.4 Å². The number of nitrogens with zero attached hydrogens (tertiary/aromatic N) is 2. The highest BCUT2D eigenvalue weighted by atomic mass is 32.1. The van der Waals surface area contributed by atoms with Crippen molar-refractivity contribution in [2.45, 2.75) is 26.1 Å². The van der Waals surface area contributed by atoms with E-state index in [2.05, 4.69) is 15.7 Å². The SMILES string of the molecule is Cc1cc(C)n([C@@H](CNC(=O)C(=O)Nc2cccc(C(F)(F)F)c2)c2ccsc2)n1. The van der Waals surface area contributed by atoms with E-state index in [1.54, 1.807) is 4.68 Å². The third-order valence-electron chi connectivity index (χ3n) is 4.38. The standard InChI is InChI=1S/C20H19F3N4O2S/c1-12-8-13(2)27(26-12)17(14-6-7-30-11-14)10-24-18(28)19(29)25-16-5-3-4-15(9-16)20(21,22)23/h3-9,11,17H,10H2,1-2H3,(H,24,28)(H,25,29)/t17-/m0/s1. The molecule has 1 aromatic carbocycles. The van der Waals surface area contributed by atoms with Crippen LogP contribution >= 0.6 is 11.3 Å². The first-order valence-corrected chi connectivity index (χ1v) is 9.90. The molecule has 0 aliphatic rings. The van der Waals surface area contributed by atoms with Crippen LogP contribution in [0.1, 0.15) is 28.6 Å². The minimum absolute atomic E-state index is 0.0908. The number of carbonyl (C=O) groups excluding carboxylic acids is 2. The minimum Gasteiger partial charge on any atom is -0.345 e. The van der Waals surface area contributed by atoms with Crippen molar-refractivity contribution in [2.75, 3.05) is 11.9 Å². The fraction of sp³-hybridized carbons (Fsp3) is 0.250. The largest absolute Gasteiger partial charge is 0.416 e. The molecule has 0 spiro atoms. The second-order valence-corrected chi connectivity index (χ2v) is 7.47. The first-order chi connectivity index (χ1) is 14.1. The topological polar surface area (TPSA) is 76.0 Å². The second-order valence-electron chi connectivity index (χ2n) is 6.69. The summed E-state index contributed by atoms with van der Waals surface area (Å²) in [6.45, 7) is 3.84. The van der Waals surface area contributed by atoms with Crippen molar-refractivity contribution in [2.24, 2.45) is 0 Å². The van der Waals surface area contributed by atoms with Crippen LogP contribution in [0.25, 0.3) is 0 Å². The summed E-state index contributed by atoms with van der Waals surface area (Å²) >= 11 is 1.50.